The molecule has 0 atom stereocenters. The molecule has 2 aromatic rings. The van der Waals surface area contributed by atoms with Crippen molar-refractivity contribution in [2.24, 2.45) is 4.99 Å². The smallest absolute Gasteiger partial charge is 0.191 e. The van der Waals surface area contributed by atoms with E-state index in [1.165, 1.54) is 24.3 Å². The van der Waals surface area contributed by atoms with Gasteiger partial charge in [-0.25, -0.2) is 4.39 Å². The number of guanidine groups is 1. The molecular weight excluding hydrogens is 333 g/mol. The van der Waals surface area contributed by atoms with Crippen LogP contribution in [0.15, 0.2) is 41.4 Å². The van der Waals surface area contributed by atoms with E-state index in [2.05, 4.69) is 27.8 Å². The van der Waals surface area contributed by atoms with Crippen LogP contribution >= 0.6 is 0 Å². The van der Waals surface area contributed by atoms with Crippen molar-refractivity contribution in [1.82, 2.24) is 10.6 Å². The van der Waals surface area contributed by atoms with Gasteiger partial charge in [0.1, 0.15) is 5.75 Å². The molecule has 0 aliphatic carbocycles. The molecule has 2 aromatic carbocycles. The van der Waals surface area contributed by atoms with E-state index >= 15 is 0 Å². The van der Waals surface area contributed by atoms with E-state index in [0.717, 1.165) is 37.3 Å². The van der Waals surface area contributed by atoms with Crippen LogP contribution in [0.1, 0.15) is 16.7 Å². The predicted molar refractivity (Wildman–Crippen MR) is 100 cm³/mol. The van der Waals surface area contributed by atoms with E-state index in [0.29, 0.717) is 12.5 Å². The van der Waals surface area contributed by atoms with Crippen LogP contribution in [0.4, 0.5) is 4.39 Å². The SMILES string of the molecule is CN=C(NCCc1ccc2c(c1)CCO2)NCc1ccc(OC)c(F)c1. The number of rotatable bonds is 6. The van der Waals surface area contributed by atoms with Gasteiger partial charge in [-0.2, -0.15) is 0 Å². The number of methoxy groups -OCH3 is 1. The van der Waals surface area contributed by atoms with Gasteiger partial charge in [-0.05, 0) is 41.3 Å². The number of nitrogens with one attached hydrogen (secondary N) is 2. The summed E-state index contributed by atoms with van der Waals surface area (Å²) >= 11 is 0. The number of fused-ring (bicyclic) bond motifs is 1. The molecule has 1 aliphatic heterocycles. The van der Waals surface area contributed by atoms with Crippen molar-refractivity contribution in [3.8, 4) is 11.5 Å². The van der Waals surface area contributed by atoms with Gasteiger partial charge in [0.25, 0.3) is 0 Å². The molecule has 0 bridgehead atoms. The molecule has 0 amide bonds. The predicted octanol–water partition coefficient (Wildman–Crippen LogP) is 2.68. The van der Waals surface area contributed by atoms with Crippen LogP contribution in [0.5, 0.6) is 11.5 Å². The Morgan fingerprint density at radius 3 is 2.81 bits per heavy atom. The summed E-state index contributed by atoms with van der Waals surface area (Å²) in [6.45, 7) is 2.02. The summed E-state index contributed by atoms with van der Waals surface area (Å²) in [4.78, 5) is 4.20. The fourth-order valence-corrected chi connectivity index (χ4v) is 2.95. The van der Waals surface area contributed by atoms with E-state index in [-0.39, 0.29) is 11.6 Å². The van der Waals surface area contributed by atoms with Crippen molar-refractivity contribution >= 4 is 5.96 Å². The molecular formula is C20H24FN3O2. The van der Waals surface area contributed by atoms with E-state index in [1.807, 2.05) is 12.1 Å². The van der Waals surface area contributed by atoms with Crippen molar-refractivity contribution < 1.29 is 13.9 Å². The van der Waals surface area contributed by atoms with Crippen molar-refractivity contribution in [1.29, 1.82) is 0 Å². The zero-order chi connectivity index (χ0) is 18.4. The topological polar surface area (TPSA) is 54.9 Å². The van der Waals surface area contributed by atoms with E-state index < -0.39 is 0 Å². The second kappa shape index (κ2) is 8.56. The molecule has 3 rings (SSSR count). The number of hydrogen-bond acceptors (Lipinski definition) is 3. The van der Waals surface area contributed by atoms with Gasteiger partial charge in [0, 0.05) is 26.6 Å². The molecule has 138 valence electrons. The molecule has 0 radical (unpaired) electrons. The first-order valence-corrected chi connectivity index (χ1v) is 8.71. The molecule has 5 nitrogen and oxygen atoms in total. The zero-order valence-corrected chi connectivity index (χ0v) is 15.1. The molecule has 0 fully saturated rings. The zero-order valence-electron chi connectivity index (χ0n) is 15.1. The van der Waals surface area contributed by atoms with Crippen molar-refractivity contribution in [2.75, 3.05) is 27.3 Å². The molecule has 0 unspecified atom stereocenters. The van der Waals surface area contributed by atoms with Crippen LogP contribution in [0.25, 0.3) is 0 Å². The average molecular weight is 357 g/mol. The molecule has 6 heteroatoms. The lowest BCUT2D eigenvalue weighted by Gasteiger charge is -2.13. The van der Waals surface area contributed by atoms with Gasteiger partial charge in [-0.3, -0.25) is 4.99 Å². The first-order chi connectivity index (χ1) is 12.7. The maximum atomic E-state index is 13.7. The van der Waals surface area contributed by atoms with Crippen LogP contribution < -0.4 is 20.1 Å². The quantitative estimate of drug-likeness (QED) is 0.617. The van der Waals surface area contributed by atoms with Gasteiger partial charge in [0.05, 0.1) is 13.7 Å². The third-order valence-corrected chi connectivity index (χ3v) is 4.36. The lowest BCUT2D eigenvalue weighted by Crippen LogP contribution is -2.37. The summed E-state index contributed by atoms with van der Waals surface area (Å²) in [5, 5.41) is 6.47. The van der Waals surface area contributed by atoms with Crippen LogP contribution in [0, 0.1) is 5.82 Å². The van der Waals surface area contributed by atoms with Crippen LogP contribution in [0.3, 0.4) is 0 Å². The number of hydrogen-bond donors (Lipinski definition) is 2. The van der Waals surface area contributed by atoms with Crippen molar-refractivity contribution in [3.63, 3.8) is 0 Å². The van der Waals surface area contributed by atoms with Gasteiger partial charge in [0.2, 0.25) is 0 Å². The molecule has 2 N–H and O–H groups in total. The second-order valence-corrected chi connectivity index (χ2v) is 6.11. The number of aliphatic imine (C=N–C) groups is 1. The van der Waals surface area contributed by atoms with Crippen LogP contribution in [0.2, 0.25) is 0 Å². The summed E-state index contributed by atoms with van der Waals surface area (Å²) in [6, 6.07) is 11.3. The summed E-state index contributed by atoms with van der Waals surface area (Å²) in [7, 11) is 3.17. The standard InChI is InChI=1S/C20H24FN3O2/c1-22-20(24-13-15-4-6-19(25-2)17(21)12-15)23-9-7-14-3-5-18-16(11-14)8-10-26-18/h3-6,11-12H,7-10,13H2,1-2H3,(H2,22,23,24). The third kappa shape index (κ3) is 4.45. The lowest BCUT2D eigenvalue weighted by atomic mass is 10.1. The van der Waals surface area contributed by atoms with E-state index in [9.17, 15) is 4.39 Å². The van der Waals surface area contributed by atoms with Gasteiger partial charge in [0.15, 0.2) is 17.5 Å². The lowest BCUT2D eigenvalue weighted by molar-refractivity contribution is 0.357. The van der Waals surface area contributed by atoms with E-state index in [4.69, 9.17) is 9.47 Å². The number of nitrogens with zero attached hydrogens (tertiary/aromatic N) is 1. The van der Waals surface area contributed by atoms with Crippen LogP contribution in [-0.4, -0.2) is 33.3 Å². The highest BCUT2D eigenvalue weighted by Crippen LogP contribution is 2.25. The van der Waals surface area contributed by atoms with Gasteiger partial charge in [-0.1, -0.05) is 18.2 Å². The van der Waals surface area contributed by atoms with E-state index in [1.54, 1.807) is 13.1 Å². The Morgan fingerprint density at radius 2 is 2.04 bits per heavy atom. The first-order valence-electron chi connectivity index (χ1n) is 8.71. The monoisotopic (exact) mass is 357 g/mol. The molecule has 1 aliphatic rings. The minimum absolute atomic E-state index is 0.246. The first kappa shape index (κ1) is 18.0. The molecule has 0 spiro atoms. The highest BCUT2D eigenvalue weighted by Gasteiger charge is 2.11. The number of benzene rings is 2. The summed E-state index contributed by atoms with van der Waals surface area (Å²) < 4.78 is 24.2. The Kier molecular flexibility index (Phi) is 5.94. The fraction of sp³-hybridized carbons (Fsp3) is 0.350. The summed E-state index contributed by atoms with van der Waals surface area (Å²) in [5.41, 5.74) is 3.38. The van der Waals surface area contributed by atoms with Gasteiger partial charge < -0.3 is 20.1 Å². The average Bonchev–Trinajstić information content (AvgIpc) is 3.12. The van der Waals surface area contributed by atoms with Crippen molar-refractivity contribution in [3.05, 3.63) is 58.9 Å². The normalized spacial score (nSPS) is 13.1. The molecule has 0 saturated heterocycles. The number of halogens is 1. The second-order valence-electron chi connectivity index (χ2n) is 6.11. The Balaban J connectivity index is 1.47. The Hall–Kier alpha value is -2.76. The molecule has 0 saturated carbocycles. The maximum absolute atomic E-state index is 13.7. The highest BCUT2D eigenvalue weighted by atomic mass is 19.1. The van der Waals surface area contributed by atoms with Gasteiger partial charge >= 0.3 is 0 Å². The highest BCUT2D eigenvalue weighted by molar-refractivity contribution is 5.79. The maximum Gasteiger partial charge on any atom is 0.191 e. The van der Waals surface area contributed by atoms with Gasteiger partial charge in [-0.15, -0.1) is 0 Å². The van der Waals surface area contributed by atoms with Crippen molar-refractivity contribution in [2.45, 2.75) is 19.4 Å². The Bertz CT molecular complexity index is 793. The minimum atomic E-state index is -0.365. The number of ether oxygens (including phenoxy) is 2. The largest absolute Gasteiger partial charge is 0.494 e. The summed E-state index contributed by atoms with van der Waals surface area (Å²) in [6.07, 6.45) is 1.88. The Labute approximate surface area is 153 Å². The third-order valence-electron chi connectivity index (χ3n) is 4.36. The molecule has 0 aromatic heterocycles. The van der Waals surface area contributed by atoms with Crippen LogP contribution in [-0.2, 0) is 19.4 Å². The summed E-state index contributed by atoms with van der Waals surface area (Å²) in [5.74, 6) is 1.57. The Morgan fingerprint density at radius 1 is 1.19 bits per heavy atom. The minimum Gasteiger partial charge on any atom is -0.494 e. The molecule has 26 heavy (non-hydrogen) atoms. The molecule has 1 heterocycles. The fourth-order valence-electron chi connectivity index (χ4n) is 2.95.